The Kier molecular flexibility index (Phi) is 4.53. The molecule has 0 saturated carbocycles. The number of rotatable bonds is 4. The summed E-state index contributed by atoms with van der Waals surface area (Å²) >= 11 is 0. The van der Waals surface area contributed by atoms with Crippen LogP contribution in [0.1, 0.15) is 13.3 Å². The van der Waals surface area contributed by atoms with E-state index in [4.69, 9.17) is 10.8 Å². The summed E-state index contributed by atoms with van der Waals surface area (Å²) in [5.74, 6) is -0.884. The maximum absolute atomic E-state index is 10.3. The third-order valence-corrected chi connectivity index (χ3v) is 1.30. The molecule has 0 bridgehead atoms. The molecule has 3 nitrogen and oxygen atoms in total. The second-order valence-electron chi connectivity index (χ2n) is 2.28. The molecule has 66 valence electrons. The number of allylic oxidation sites excluding steroid dienone is 3. The molecule has 0 unspecified atom stereocenters. The van der Waals surface area contributed by atoms with Crippen molar-refractivity contribution >= 4 is 5.97 Å². The van der Waals surface area contributed by atoms with Gasteiger partial charge in [-0.1, -0.05) is 18.7 Å². The summed E-state index contributed by atoms with van der Waals surface area (Å²) in [7, 11) is 0. The van der Waals surface area contributed by atoms with E-state index in [0.29, 0.717) is 11.3 Å². The molecule has 0 heterocycles. The molecule has 0 aromatic carbocycles. The maximum Gasteiger partial charge on any atom is 0.307 e. The van der Waals surface area contributed by atoms with Crippen molar-refractivity contribution in [2.45, 2.75) is 13.3 Å². The van der Waals surface area contributed by atoms with Crippen LogP contribution in [0.2, 0.25) is 0 Å². The Morgan fingerprint density at radius 1 is 1.67 bits per heavy atom. The fraction of sp³-hybridized carbons (Fsp3) is 0.222. The second kappa shape index (κ2) is 5.18. The molecule has 0 aliphatic heterocycles. The molecule has 0 saturated heterocycles. The molecule has 0 aromatic heterocycles. The van der Waals surface area contributed by atoms with E-state index in [1.165, 1.54) is 6.08 Å². The van der Waals surface area contributed by atoms with Crippen molar-refractivity contribution in [1.82, 2.24) is 0 Å². The summed E-state index contributed by atoms with van der Waals surface area (Å²) in [6, 6.07) is 0. The van der Waals surface area contributed by atoms with Gasteiger partial charge in [0, 0.05) is 5.70 Å². The highest BCUT2D eigenvalue weighted by molar-refractivity contribution is 5.71. The quantitative estimate of drug-likeness (QED) is 0.622. The minimum absolute atomic E-state index is 0.0436. The van der Waals surface area contributed by atoms with Gasteiger partial charge in [0.15, 0.2) is 0 Å². The van der Waals surface area contributed by atoms with Gasteiger partial charge in [0.1, 0.15) is 0 Å². The Labute approximate surface area is 71.9 Å². The van der Waals surface area contributed by atoms with Crippen LogP contribution in [0.15, 0.2) is 36.1 Å². The zero-order valence-corrected chi connectivity index (χ0v) is 7.08. The molecule has 0 aromatic rings. The van der Waals surface area contributed by atoms with E-state index in [-0.39, 0.29) is 6.42 Å². The highest BCUT2D eigenvalue weighted by atomic mass is 16.4. The molecule has 0 fully saturated rings. The van der Waals surface area contributed by atoms with Gasteiger partial charge in [0.05, 0.1) is 6.42 Å². The van der Waals surface area contributed by atoms with Gasteiger partial charge in [-0.3, -0.25) is 4.79 Å². The summed E-state index contributed by atoms with van der Waals surface area (Å²) in [4.78, 5) is 10.3. The Hall–Kier alpha value is -1.51. The summed E-state index contributed by atoms with van der Waals surface area (Å²) in [5, 5.41) is 8.45. The molecular formula is C9H13NO2. The van der Waals surface area contributed by atoms with Gasteiger partial charge in [0.2, 0.25) is 0 Å². The highest BCUT2D eigenvalue weighted by Gasteiger charge is 1.99. The van der Waals surface area contributed by atoms with Crippen LogP contribution in [0, 0.1) is 0 Å². The lowest BCUT2D eigenvalue weighted by atomic mass is 10.1. The molecule has 0 aliphatic carbocycles. The predicted molar refractivity (Wildman–Crippen MR) is 48.5 cm³/mol. The van der Waals surface area contributed by atoms with Crippen LogP contribution in [0.4, 0.5) is 0 Å². The Morgan fingerprint density at radius 2 is 2.25 bits per heavy atom. The summed E-state index contributed by atoms with van der Waals surface area (Å²) < 4.78 is 0. The third kappa shape index (κ3) is 4.33. The maximum atomic E-state index is 10.3. The number of carbonyl (C=O) groups is 1. The number of carboxylic acids is 1. The lowest BCUT2D eigenvalue weighted by Crippen LogP contribution is -1.98. The molecule has 3 heteroatoms. The lowest BCUT2D eigenvalue weighted by molar-refractivity contribution is -0.136. The third-order valence-electron chi connectivity index (χ3n) is 1.30. The monoisotopic (exact) mass is 167 g/mol. The summed E-state index contributed by atoms with van der Waals surface area (Å²) in [6.07, 6.45) is 4.75. The van der Waals surface area contributed by atoms with Gasteiger partial charge < -0.3 is 10.8 Å². The molecule has 0 spiro atoms. The van der Waals surface area contributed by atoms with Crippen LogP contribution in [-0.2, 0) is 4.79 Å². The molecule has 0 radical (unpaired) electrons. The van der Waals surface area contributed by atoms with Crippen molar-refractivity contribution in [3.05, 3.63) is 36.1 Å². The number of carboxylic acid groups (broad SMARTS) is 1. The largest absolute Gasteiger partial charge is 0.481 e. The topological polar surface area (TPSA) is 63.3 Å². The highest BCUT2D eigenvalue weighted by Crippen LogP contribution is 2.04. The molecular weight excluding hydrogens is 154 g/mol. The molecule has 0 aliphatic rings. The van der Waals surface area contributed by atoms with E-state index in [9.17, 15) is 4.79 Å². The first kappa shape index (κ1) is 10.5. The fourth-order valence-electron chi connectivity index (χ4n) is 0.654. The van der Waals surface area contributed by atoms with E-state index in [1.54, 1.807) is 19.1 Å². The van der Waals surface area contributed by atoms with E-state index in [1.807, 2.05) is 0 Å². The first-order valence-electron chi connectivity index (χ1n) is 3.56. The van der Waals surface area contributed by atoms with Crippen LogP contribution in [-0.4, -0.2) is 11.1 Å². The first-order valence-corrected chi connectivity index (χ1v) is 3.56. The zero-order chi connectivity index (χ0) is 9.56. The average Bonchev–Trinajstić information content (AvgIpc) is 2.02. The minimum atomic E-state index is -0.884. The molecule has 0 atom stereocenters. The van der Waals surface area contributed by atoms with Gasteiger partial charge in [-0.05, 0) is 18.6 Å². The van der Waals surface area contributed by atoms with E-state index >= 15 is 0 Å². The fourth-order valence-corrected chi connectivity index (χ4v) is 0.654. The van der Waals surface area contributed by atoms with Crippen LogP contribution in [0.5, 0.6) is 0 Å². The normalized spacial score (nSPS) is 12.8. The first-order chi connectivity index (χ1) is 5.60. The number of hydrogen-bond donors (Lipinski definition) is 2. The number of hydrogen-bond acceptors (Lipinski definition) is 2. The minimum Gasteiger partial charge on any atom is -0.481 e. The lowest BCUT2D eigenvalue weighted by Gasteiger charge is -1.97. The summed E-state index contributed by atoms with van der Waals surface area (Å²) in [6.45, 7) is 5.27. The average molecular weight is 167 g/mol. The van der Waals surface area contributed by atoms with Crippen LogP contribution in [0.3, 0.4) is 0 Å². The molecule has 3 N–H and O–H groups in total. The second-order valence-corrected chi connectivity index (χ2v) is 2.28. The van der Waals surface area contributed by atoms with Crippen molar-refractivity contribution in [2.75, 3.05) is 0 Å². The number of aliphatic carboxylic acids is 1. The smallest absolute Gasteiger partial charge is 0.307 e. The van der Waals surface area contributed by atoms with Crippen molar-refractivity contribution in [3.63, 3.8) is 0 Å². The van der Waals surface area contributed by atoms with E-state index < -0.39 is 5.97 Å². The van der Waals surface area contributed by atoms with Crippen LogP contribution >= 0.6 is 0 Å². The predicted octanol–water partition coefficient (Wildman–Crippen LogP) is 1.44. The van der Waals surface area contributed by atoms with Crippen molar-refractivity contribution in [3.8, 4) is 0 Å². The van der Waals surface area contributed by atoms with Gasteiger partial charge in [-0.15, -0.1) is 0 Å². The standard InChI is InChI=1S/C9H13NO2/c1-3-7(6-9(11)12)5-8(10)4-2/h3-5H,1,6,10H2,2H3,(H,11,12)/b7-5+,8-4+. The molecule has 12 heavy (non-hydrogen) atoms. The van der Waals surface area contributed by atoms with E-state index in [2.05, 4.69) is 6.58 Å². The van der Waals surface area contributed by atoms with Crippen molar-refractivity contribution in [1.29, 1.82) is 0 Å². The van der Waals surface area contributed by atoms with Gasteiger partial charge in [-0.2, -0.15) is 0 Å². The molecule has 0 amide bonds. The van der Waals surface area contributed by atoms with Crippen molar-refractivity contribution < 1.29 is 9.90 Å². The Morgan fingerprint density at radius 3 is 2.58 bits per heavy atom. The van der Waals surface area contributed by atoms with Gasteiger partial charge in [0.25, 0.3) is 0 Å². The number of nitrogens with two attached hydrogens (primary N) is 1. The van der Waals surface area contributed by atoms with Crippen LogP contribution in [0.25, 0.3) is 0 Å². The van der Waals surface area contributed by atoms with Crippen LogP contribution < -0.4 is 5.73 Å². The molecule has 0 rings (SSSR count). The SMILES string of the molecule is C=C/C(=C\C(N)=C/C)CC(=O)O. The van der Waals surface area contributed by atoms with Gasteiger partial charge in [-0.25, -0.2) is 0 Å². The van der Waals surface area contributed by atoms with E-state index in [0.717, 1.165) is 0 Å². The van der Waals surface area contributed by atoms with Crippen molar-refractivity contribution in [2.24, 2.45) is 5.73 Å². The zero-order valence-electron chi connectivity index (χ0n) is 7.08. The Balaban J connectivity index is 4.43. The Bertz CT molecular complexity index is 239. The van der Waals surface area contributed by atoms with Gasteiger partial charge >= 0.3 is 5.97 Å². The summed E-state index contributed by atoms with van der Waals surface area (Å²) in [5.41, 5.74) is 6.63.